The van der Waals surface area contributed by atoms with Gasteiger partial charge in [0.2, 0.25) is 0 Å². The number of para-hydroxylation sites is 1. The Morgan fingerprint density at radius 3 is 2.78 bits per heavy atom. The van der Waals surface area contributed by atoms with Crippen molar-refractivity contribution in [2.75, 3.05) is 26.7 Å². The molecule has 1 fully saturated rings. The molecule has 128 valence electrons. The van der Waals surface area contributed by atoms with Crippen LogP contribution < -0.4 is 10.1 Å². The Balaban J connectivity index is 1.75. The van der Waals surface area contributed by atoms with Crippen LogP contribution in [0.5, 0.6) is 5.75 Å². The monoisotopic (exact) mass is 320 g/mol. The van der Waals surface area contributed by atoms with Crippen molar-refractivity contribution in [3.05, 3.63) is 29.8 Å². The average Bonchev–Trinajstić information content (AvgIpc) is 2.95. The number of ether oxygens (including phenoxy) is 2. The molecule has 0 aliphatic carbocycles. The zero-order valence-corrected chi connectivity index (χ0v) is 14.6. The molecule has 0 spiro atoms. The molecule has 2 rings (SSSR count). The Hall–Kier alpha value is -1.75. The zero-order valence-electron chi connectivity index (χ0n) is 14.6. The lowest BCUT2D eigenvalue weighted by atomic mass is 10.1. The first kappa shape index (κ1) is 17.6. The summed E-state index contributed by atoms with van der Waals surface area (Å²) in [5.74, 6) is 0.927. The number of carbonyl (C=O) groups excluding carboxylic acids is 1. The average molecular weight is 320 g/mol. The summed E-state index contributed by atoms with van der Waals surface area (Å²) < 4.78 is 10.8. The standard InChI is InChI=1S/C18H28N2O3/c1-18(2,3)23-17(21)20-12-10-15(13-20)19-11-9-14-7-5-6-8-16(14)22-4/h5-8,15,19H,9-13H2,1-4H3/t15-/m1/s1. The summed E-state index contributed by atoms with van der Waals surface area (Å²) in [4.78, 5) is 13.8. The van der Waals surface area contributed by atoms with Crippen LogP contribution in [-0.4, -0.2) is 49.4 Å². The largest absolute Gasteiger partial charge is 0.496 e. The van der Waals surface area contributed by atoms with E-state index in [9.17, 15) is 4.79 Å². The van der Waals surface area contributed by atoms with Crippen molar-refractivity contribution in [2.45, 2.75) is 45.3 Å². The van der Waals surface area contributed by atoms with Gasteiger partial charge in [0.25, 0.3) is 0 Å². The van der Waals surface area contributed by atoms with Crippen LogP contribution in [0.3, 0.4) is 0 Å². The van der Waals surface area contributed by atoms with Crippen LogP contribution >= 0.6 is 0 Å². The first-order chi connectivity index (χ1) is 10.9. The van der Waals surface area contributed by atoms with Crippen LogP contribution in [0.4, 0.5) is 4.79 Å². The van der Waals surface area contributed by atoms with Gasteiger partial charge >= 0.3 is 6.09 Å². The molecule has 0 unspecified atom stereocenters. The summed E-state index contributed by atoms with van der Waals surface area (Å²) in [7, 11) is 1.70. The minimum atomic E-state index is -0.438. The molecule has 1 aliphatic heterocycles. The van der Waals surface area contributed by atoms with Crippen LogP contribution in [-0.2, 0) is 11.2 Å². The molecule has 5 heteroatoms. The highest BCUT2D eigenvalue weighted by atomic mass is 16.6. The maximum absolute atomic E-state index is 12.0. The van der Waals surface area contributed by atoms with Crippen molar-refractivity contribution >= 4 is 6.09 Å². The number of rotatable bonds is 5. The van der Waals surface area contributed by atoms with E-state index in [1.54, 1.807) is 12.0 Å². The second-order valence-electron chi connectivity index (χ2n) is 6.93. The number of carbonyl (C=O) groups is 1. The molecular formula is C18H28N2O3. The van der Waals surface area contributed by atoms with E-state index in [-0.39, 0.29) is 6.09 Å². The number of hydrogen-bond donors (Lipinski definition) is 1. The van der Waals surface area contributed by atoms with E-state index in [4.69, 9.17) is 9.47 Å². The number of likely N-dealkylation sites (tertiary alicyclic amines) is 1. The second-order valence-corrected chi connectivity index (χ2v) is 6.93. The van der Waals surface area contributed by atoms with E-state index in [0.29, 0.717) is 12.6 Å². The fraction of sp³-hybridized carbons (Fsp3) is 0.611. The minimum absolute atomic E-state index is 0.216. The van der Waals surface area contributed by atoms with E-state index in [0.717, 1.165) is 31.7 Å². The van der Waals surface area contributed by atoms with Crippen molar-refractivity contribution < 1.29 is 14.3 Å². The molecule has 0 saturated carbocycles. The van der Waals surface area contributed by atoms with E-state index in [2.05, 4.69) is 11.4 Å². The molecule has 0 bridgehead atoms. The molecule has 23 heavy (non-hydrogen) atoms. The van der Waals surface area contributed by atoms with Gasteiger partial charge in [-0.25, -0.2) is 4.79 Å². The first-order valence-corrected chi connectivity index (χ1v) is 8.22. The predicted molar refractivity (Wildman–Crippen MR) is 90.9 cm³/mol. The van der Waals surface area contributed by atoms with Crippen molar-refractivity contribution in [3.63, 3.8) is 0 Å². The van der Waals surface area contributed by atoms with Gasteiger partial charge < -0.3 is 19.7 Å². The summed E-state index contributed by atoms with van der Waals surface area (Å²) in [5.41, 5.74) is 0.761. The van der Waals surface area contributed by atoms with Crippen LogP contribution in [0.1, 0.15) is 32.8 Å². The Bertz CT molecular complexity index is 525. The quantitative estimate of drug-likeness (QED) is 0.906. The third kappa shape index (κ3) is 5.43. The summed E-state index contributed by atoms with van der Waals surface area (Å²) in [6.45, 7) is 8.01. The smallest absolute Gasteiger partial charge is 0.410 e. The summed E-state index contributed by atoms with van der Waals surface area (Å²) in [5, 5.41) is 3.52. The number of nitrogens with zero attached hydrogens (tertiary/aromatic N) is 1. The summed E-state index contributed by atoms with van der Waals surface area (Å²) >= 11 is 0. The number of nitrogens with one attached hydrogen (secondary N) is 1. The van der Waals surface area contributed by atoms with Gasteiger partial charge in [-0.05, 0) is 51.8 Å². The number of hydrogen-bond acceptors (Lipinski definition) is 4. The molecule has 1 N–H and O–H groups in total. The summed E-state index contributed by atoms with van der Waals surface area (Å²) in [6, 6.07) is 8.40. The van der Waals surface area contributed by atoms with Gasteiger partial charge in [-0.15, -0.1) is 0 Å². The summed E-state index contributed by atoms with van der Waals surface area (Å²) in [6.07, 6.45) is 1.66. The molecule has 1 amide bonds. The van der Waals surface area contributed by atoms with Gasteiger partial charge in [-0.1, -0.05) is 18.2 Å². The highest BCUT2D eigenvalue weighted by Crippen LogP contribution is 2.18. The SMILES string of the molecule is COc1ccccc1CCN[C@@H]1CCN(C(=O)OC(C)(C)C)C1. The van der Waals surface area contributed by atoms with Gasteiger partial charge in [0.15, 0.2) is 0 Å². The topological polar surface area (TPSA) is 50.8 Å². The van der Waals surface area contributed by atoms with Crippen LogP contribution in [0.15, 0.2) is 24.3 Å². The number of amides is 1. The maximum Gasteiger partial charge on any atom is 0.410 e. The molecule has 1 aromatic rings. The Morgan fingerprint density at radius 2 is 2.09 bits per heavy atom. The lowest BCUT2D eigenvalue weighted by Gasteiger charge is -2.24. The lowest BCUT2D eigenvalue weighted by Crippen LogP contribution is -2.38. The van der Waals surface area contributed by atoms with E-state index < -0.39 is 5.60 Å². The van der Waals surface area contributed by atoms with E-state index >= 15 is 0 Å². The fourth-order valence-corrected chi connectivity index (χ4v) is 2.74. The normalized spacial score (nSPS) is 18.1. The minimum Gasteiger partial charge on any atom is -0.496 e. The van der Waals surface area contributed by atoms with Crippen molar-refractivity contribution in [2.24, 2.45) is 0 Å². The Kier molecular flexibility index (Phi) is 5.88. The van der Waals surface area contributed by atoms with E-state index in [1.807, 2.05) is 39.0 Å². The molecule has 0 aromatic heterocycles. The van der Waals surface area contributed by atoms with Gasteiger partial charge in [0.05, 0.1) is 7.11 Å². The third-order valence-corrected chi connectivity index (χ3v) is 3.86. The molecule has 1 aliphatic rings. The van der Waals surface area contributed by atoms with Gasteiger partial charge in [0, 0.05) is 19.1 Å². The zero-order chi connectivity index (χ0) is 16.9. The lowest BCUT2D eigenvalue weighted by molar-refractivity contribution is 0.0291. The third-order valence-electron chi connectivity index (χ3n) is 3.86. The maximum atomic E-state index is 12.0. The van der Waals surface area contributed by atoms with Gasteiger partial charge in [-0.3, -0.25) is 0 Å². The van der Waals surface area contributed by atoms with Crippen molar-refractivity contribution in [3.8, 4) is 5.75 Å². The van der Waals surface area contributed by atoms with Crippen LogP contribution in [0.2, 0.25) is 0 Å². The molecule has 1 heterocycles. The molecule has 1 saturated heterocycles. The van der Waals surface area contributed by atoms with Crippen molar-refractivity contribution in [1.82, 2.24) is 10.2 Å². The highest BCUT2D eigenvalue weighted by Gasteiger charge is 2.29. The van der Waals surface area contributed by atoms with Crippen LogP contribution in [0.25, 0.3) is 0 Å². The highest BCUT2D eigenvalue weighted by molar-refractivity contribution is 5.68. The Morgan fingerprint density at radius 1 is 1.35 bits per heavy atom. The molecule has 1 atom stereocenters. The van der Waals surface area contributed by atoms with E-state index in [1.165, 1.54) is 5.56 Å². The molecule has 0 radical (unpaired) electrons. The first-order valence-electron chi connectivity index (χ1n) is 8.22. The molecular weight excluding hydrogens is 292 g/mol. The predicted octanol–water partition coefficient (Wildman–Crippen LogP) is 2.84. The van der Waals surface area contributed by atoms with Crippen LogP contribution in [0, 0.1) is 0 Å². The number of methoxy groups -OCH3 is 1. The van der Waals surface area contributed by atoms with Crippen molar-refractivity contribution in [1.29, 1.82) is 0 Å². The van der Waals surface area contributed by atoms with Gasteiger partial charge in [0.1, 0.15) is 11.4 Å². The molecule has 5 nitrogen and oxygen atoms in total. The number of benzene rings is 1. The molecule has 1 aromatic carbocycles. The second kappa shape index (κ2) is 7.68. The Labute approximate surface area is 139 Å². The van der Waals surface area contributed by atoms with Gasteiger partial charge in [-0.2, -0.15) is 0 Å². The fourth-order valence-electron chi connectivity index (χ4n) is 2.74.